The first kappa shape index (κ1) is 11.7. The maximum atomic E-state index is 9.84. The van der Waals surface area contributed by atoms with Gasteiger partial charge in [0.25, 0.3) is 0 Å². The Hall–Kier alpha value is -0.380. The largest absolute Gasteiger partial charge is 0.396 e. The average Bonchev–Trinajstić information content (AvgIpc) is 2.21. The molecule has 2 unspecified atom stereocenters. The van der Waals surface area contributed by atoms with E-state index in [1.807, 2.05) is 19.1 Å². The van der Waals surface area contributed by atoms with E-state index in [2.05, 4.69) is 6.92 Å². The van der Waals surface area contributed by atoms with Crippen LogP contribution in [0.5, 0.6) is 0 Å². The molecule has 14 heavy (non-hydrogen) atoms. The highest BCUT2D eigenvalue weighted by Crippen LogP contribution is 2.27. The van der Waals surface area contributed by atoms with E-state index < -0.39 is 6.10 Å². The van der Waals surface area contributed by atoms with E-state index >= 15 is 0 Å². The summed E-state index contributed by atoms with van der Waals surface area (Å²) < 4.78 is 5.67. The fraction of sp³-hybridized carbons (Fsp3) is 0.818. The van der Waals surface area contributed by atoms with Crippen LogP contribution in [0.2, 0.25) is 0 Å². The van der Waals surface area contributed by atoms with Gasteiger partial charge in [0.2, 0.25) is 0 Å². The third kappa shape index (κ3) is 2.56. The number of aliphatic hydroxyl groups is 2. The van der Waals surface area contributed by atoms with Crippen LogP contribution in [-0.2, 0) is 4.74 Å². The zero-order valence-electron chi connectivity index (χ0n) is 8.89. The molecule has 3 heteroatoms. The van der Waals surface area contributed by atoms with Crippen molar-refractivity contribution in [2.75, 3.05) is 6.61 Å². The van der Waals surface area contributed by atoms with Gasteiger partial charge in [-0.1, -0.05) is 19.1 Å². The van der Waals surface area contributed by atoms with Gasteiger partial charge < -0.3 is 14.9 Å². The Balaban J connectivity index is 2.65. The van der Waals surface area contributed by atoms with Gasteiger partial charge in [-0.25, -0.2) is 0 Å². The highest BCUT2D eigenvalue weighted by atomic mass is 16.5. The predicted octanol–water partition coefficient (Wildman–Crippen LogP) is 1.10. The second-order valence-electron chi connectivity index (χ2n) is 3.83. The van der Waals surface area contributed by atoms with E-state index in [4.69, 9.17) is 9.84 Å². The van der Waals surface area contributed by atoms with Crippen molar-refractivity contribution in [3.05, 3.63) is 12.2 Å². The van der Waals surface area contributed by atoms with E-state index in [0.29, 0.717) is 0 Å². The van der Waals surface area contributed by atoms with Crippen LogP contribution >= 0.6 is 0 Å². The number of aliphatic hydroxyl groups excluding tert-OH is 2. The van der Waals surface area contributed by atoms with Crippen molar-refractivity contribution in [1.29, 1.82) is 0 Å². The maximum Gasteiger partial charge on any atom is 0.102 e. The molecule has 3 nitrogen and oxygen atoms in total. The second kappa shape index (κ2) is 5.49. The Labute approximate surface area is 85.4 Å². The third-order valence-corrected chi connectivity index (χ3v) is 2.81. The Bertz CT molecular complexity index is 191. The summed E-state index contributed by atoms with van der Waals surface area (Å²) in [5.74, 6) is -0.0464. The van der Waals surface area contributed by atoms with Crippen LogP contribution in [0, 0.1) is 5.92 Å². The highest BCUT2D eigenvalue weighted by Gasteiger charge is 2.34. The monoisotopic (exact) mass is 200 g/mol. The van der Waals surface area contributed by atoms with Crippen LogP contribution in [0.1, 0.15) is 26.7 Å². The van der Waals surface area contributed by atoms with Crippen molar-refractivity contribution in [1.82, 2.24) is 0 Å². The van der Waals surface area contributed by atoms with E-state index in [0.717, 1.165) is 12.8 Å². The lowest BCUT2D eigenvalue weighted by Crippen LogP contribution is -2.45. The lowest BCUT2D eigenvalue weighted by atomic mass is 9.88. The van der Waals surface area contributed by atoms with E-state index in [1.54, 1.807) is 0 Å². The van der Waals surface area contributed by atoms with E-state index in [-0.39, 0.29) is 24.7 Å². The molecule has 0 aromatic heterocycles. The molecule has 1 aliphatic rings. The van der Waals surface area contributed by atoms with Gasteiger partial charge >= 0.3 is 0 Å². The number of rotatable bonds is 3. The van der Waals surface area contributed by atoms with Crippen molar-refractivity contribution in [3.63, 3.8) is 0 Å². The Morgan fingerprint density at radius 3 is 2.71 bits per heavy atom. The van der Waals surface area contributed by atoms with Crippen molar-refractivity contribution in [2.45, 2.75) is 45.0 Å². The SMILES string of the molecule is C/C=C/C1O[C@H](CC)CC(CO)[C@@H]1O. The minimum absolute atomic E-state index is 0.0368. The molecule has 1 fully saturated rings. The summed E-state index contributed by atoms with van der Waals surface area (Å²) in [6.07, 6.45) is 4.75. The molecule has 0 saturated carbocycles. The molecule has 1 rings (SSSR count). The van der Waals surface area contributed by atoms with Gasteiger partial charge in [0, 0.05) is 12.5 Å². The molecule has 2 N–H and O–H groups in total. The number of allylic oxidation sites excluding steroid dienone is 1. The molecule has 0 radical (unpaired) electrons. The zero-order valence-corrected chi connectivity index (χ0v) is 8.89. The summed E-state index contributed by atoms with van der Waals surface area (Å²) in [5.41, 5.74) is 0. The van der Waals surface area contributed by atoms with Gasteiger partial charge in [-0.2, -0.15) is 0 Å². The lowest BCUT2D eigenvalue weighted by molar-refractivity contribution is -0.133. The summed E-state index contributed by atoms with van der Waals surface area (Å²) in [4.78, 5) is 0. The van der Waals surface area contributed by atoms with Gasteiger partial charge in [-0.3, -0.25) is 0 Å². The molecule has 4 atom stereocenters. The molecular weight excluding hydrogens is 180 g/mol. The predicted molar refractivity (Wildman–Crippen MR) is 55.0 cm³/mol. The summed E-state index contributed by atoms with van der Waals surface area (Å²) in [5, 5.41) is 19.0. The highest BCUT2D eigenvalue weighted by molar-refractivity contribution is 4.97. The van der Waals surface area contributed by atoms with Gasteiger partial charge in [0.1, 0.15) is 6.10 Å². The fourth-order valence-electron chi connectivity index (χ4n) is 1.90. The molecule has 0 aromatic carbocycles. The van der Waals surface area contributed by atoms with Crippen LogP contribution in [-0.4, -0.2) is 35.1 Å². The molecule has 0 aromatic rings. The van der Waals surface area contributed by atoms with Crippen LogP contribution < -0.4 is 0 Å². The van der Waals surface area contributed by atoms with Gasteiger partial charge in [-0.15, -0.1) is 0 Å². The standard InChI is InChI=1S/C11H20O3/c1-3-5-10-11(13)8(7-12)6-9(4-2)14-10/h3,5,8-13H,4,6-7H2,1-2H3/b5-3+/t8?,9-,10?,11+/m1/s1. The zero-order chi connectivity index (χ0) is 10.6. The van der Waals surface area contributed by atoms with Gasteiger partial charge in [0.15, 0.2) is 0 Å². The lowest BCUT2D eigenvalue weighted by Gasteiger charge is -2.37. The van der Waals surface area contributed by atoms with Crippen LogP contribution in [0.25, 0.3) is 0 Å². The van der Waals surface area contributed by atoms with Crippen LogP contribution in [0.15, 0.2) is 12.2 Å². The third-order valence-electron chi connectivity index (χ3n) is 2.81. The fourth-order valence-corrected chi connectivity index (χ4v) is 1.90. The van der Waals surface area contributed by atoms with Crippen LogP contribution in [0.4, 0.5) is 0 Å². The molecule has 1 aliphatic heterocycles. The number of hydrogen-bond acceptors (Lipinski definition) is 3. The normalized spacial score (nSPS) is 39.1. The first-order valence-electron chi connectivity index (χ1n) is 5.30. The molecule has 1 heterocycles. The van der Waals surface area contributed by atoms with Crippen molar-refractivity contribution >= 4 is 0 Å². The summed E-state index contributed by atoms with van der Waals surface area (Å²) >= 11 is 0. The smallest absolute Gasteiger partial charge is 0.102 e. The topological polar surface area (TPSA) is 49.7 Å². The second-order valence-corrected chi connectivity index (χ2v) is 3.83. The Kier molecular flexibility index (Phi) is 4.58. The van der Waals surface area contributed by atoms with E-state index in [1.165, 1.54) is 0 Å². The molecule has 1 saturated heterocycles. The number of hydrogen-bond donors (Lipinski definition) is 2. The summed E-state index contributed by atoms with van der Waals surface area (Å²) in [7, 11) is 0. The maximum absolute atomic E-state index is 9.84. The van der Waals surface area contributed by atoms with E-state index in [9.17, 15) is 5.11 Å². The molecule has 0 aliphatic carbocycles. The summed E-state index contributed by atoms with van der Waals surface area (Å²) in [6.45, 7) is 4.00. The number of ether oxygens (including phenoxy) is 1. The Morgan fingerprint density at radius 2 is 2.21 bits per heavy atom. The Morgan fingerprint density at radius 1 is 1.50 bits per heavy atom. The molecule has 0 spiro atoms. The first-order valence-corrected chi connectivity index (χ1v) is 5.30. The minimum atomic E-state index is -0.570. The molecule has 82 valence electrons. The van der Waals surface area contributed by atoms with Crippen molar-refractivity contribution < 1.29 is 14.9 Å². The average molecular weight is 200 g/mol. The molecular formula is C11H20O3. The quantitative estimate of drug-likeness (QED) is 0.671. The molecule has 0 amide bonds. The minimum Gasteiger partial charge on any atom is -0.396 e. The first-order chi connectivity index (χ1) is 6.72. The van der Waals surface area contributed by atoms with Crippen molar-refractivity contribution in [3.8, 4) is 0 Å². The van der Waals surface area contributed by atoms with Gasteiger partial charge in [-0.05, 0) is 19.8 Å². The van der Waals surface area contributed by atoms with Crippen LogP contribution in [0.3, 0.4) is 0 Å². The van der Waals surface area contributed by atoms with Crippen molar-refractivity contribution in [2.24, 2.45) is 5.92 Å². The summed E-state index contributed by atoms with van der Waals surface area (Å²) in [6, 6.07) is 0. The molecule has 0 bridgehead atoms. The van der Waals surface area contributed by atoms with Gasteiger partial charge in [0.05, 0.1) is 12.2 Å².